The van der Waals surface area contributed by atoms with Crippen LogP contribution < -0.4 is 10.1 Å². The highest BCUT2D eigenvalue weighted by atomic mass is 16.5. The summed E-state index contributed by atoms with van der Waals surface area (Å²) < 4.78 is 5.76. The Bertz CT molecular complexity index is 339. The molecule has 0 radical (unpaired) electrons. The van der Waals surface area contributed by atoms with Crippen molar-refractivity contribution in [1.82, 2.24) is 5.32 Å². The molecule has 0 saturated heterocycles. The zero-order valence-corrected chi connectivity index (χ0v) is 11.5. The quantitative estimate of drug-likeness (QED) is 0.662. The molecule has 0 spiro atoms. The summed E-state index contributed by atoms with van der Waals surface area (Å²) in [5.41, 5.74) is 2.48. The molecule has 1 aromatic rings. The molecule has 0 bridgehead atoms. The van der Waals surface area contributed by atoms with Crippen LogP contribution in [0.25, 0.3) is 0 Å². The number of hydrogen-bond donors (Lipinski definition) is 2. The predicted molar refractivity (Wildman–Crippen MR) is 75.2 cm³/mol. The Morgan fingerprint density at radius 3 is 2.67 bits per heavy atom. The van der Waals surface area contributed by atoms with Crippen LogP contribution in [0.1, 0.15) is 30.4 Å². The minimum Gasteiger partial charge on any atom is -0.493 e. The summed E-state index contributed by atoms with van der Waals surface area (Å²) in [6.07, 6.45) is 3.37. The van der Waals surface area contributed by atoms with Crippen molar-refractivity contribution < 1.29 is 9.84 Å². The van der Waals surface area contributed by atoms with Crippen molar-refractivity contribution in [2.24, 2.45) is 0 Å². The second kappa shape index (κ2) is 8.95. The summed E-state index contributed by atoms with van der Waals surface area (Å²) in [5.74, 6) is 0.999. The van der Waals surface area contributed by atoms with E-state index in [1.165, 1.54) is 11.1 Å². The van der Waals surface area contributed by atoms with E-state index in [-0.39, 0.29) is 6.61 Å². The fourth-order valence-corrected chi connectivity index (χ4v) is 1.88. The molecule has 1 aromatic carbocycles. The van der Waals surface area contributed by atoms with E-state index in [1.807, 2.05) is 6.07 Å². The summed E-state index contributed by atoms with van der Waals surface area (Å²) in [4.78, 5) is 0. The highest BCUT2D eigenvalue weighted by Gasteiger charge is 1.99. The van der Waals surface area contributed by atoms with Crippen molar-refractivity contribution in [3.05, 3.63) is 29.3 Å². The first-order valence-corrected chi connectivity index (χ1v) is 6.75. The molecular formula is C15H25NO2. The predicted octanol–water partition coefficient (Wildman–Crippen LogP) is 2.43. The van der Waals surface area contributed by atoms with Gasteiger partial charge in [0.15, 0.2) is 0 Å². The fraction of sp³-hybridized carbons (Fsp3) is 0.600. The second-order valence-electron chi connectivity index (χ2n) is 4.65. The number of aliphatic hydroxyl groups is 1. The number of benzene rings is 1. The standard InChI is InChI=1S/C15H25NO2/c1-13-6-7-15(14(2)12-13)18-11-5-3-4-8-16-9-10-17/h6-7,12,16-17H,3-5,8-11H2,1-2H3. The third-order valence-electron chi connectivity index (χ3n) is 2.87. The molecule has 0 unspecified atom stereocenters. The van der Waals surface area contributed by atoms with Crippen LogP contribution in [0.3, 0.4) is 0 Å². The SMILES string of the molecule is Cc1ccc(OCCCCCNCCO)c(C)c1. The maximum absolute atomic E-state index is 8.60. The molecule has 3 nitrogen and oxygen atoms in total. The van der Waals surface area contributed by atoms with Gasteiger partial charge >= 0.3 is 0 Å². The van der Waals surface area contributed by atoms with Crippen molar-refractivity contribution in [1.29, 1.82) is 0 Å². The van der Waals surface area contributed by atoms with Gasteiger partial charge in [0.1, 0.15) is 5.75 Å². The molecule has 0 aromatic heterocycles. The van der Waals surface area contributed by atoms with E-state index in [9.17, 15) is 0 Å². The summed E-state index contributed by atoms with van der Waals surface area (Å²) in [6.45, 7) is 6.85. The summed E-state index contributed by atoms with van der Waals surface area (Å²) in [6, 6.07) is 6.28. The number of aryl methyl sites for hydroxylation is 2. The molecule has 1 rings (SSSR count). The van der Waals surface area contributed by atoms with Gasteiger partial charge in [-0.3, -0.25) is 0 Å². The normalized spacial score (nSPS) is 10.6. The van der Waals surface area contributed by atoms with Crippen molar-refractivity contribution in [2.45, 2.75) is 33.1 Å². The molecule has 0 aliphatic carbocycles. The number of aliphatic hydroxyl groups excluding tert-OH is 1. The van der Waals surface area contributed by atoms with Crippen molar-refractivity contribution in [2.75, 3.05) is 26.3 Å². The Morgan fingerprint density at radius 1 is 1.11 bits per heavy atom. The van der Waals surface area contributed by atoms with Gasteiger partial charge in [-0.15, -0.1) is 0 Å². The van der Waals surface area contributed by atoms with Crippen LogP contribution in [0.2, 0.25) is 0 Å². The Morgan fingerprint density at radius 2 is 1.94 bits per heavy atom. The van der Waals surface area contributed by atoms with Gasteiger partial charge in [-0.1, -0.05) is 17.7 Å². The molecule has 2 N–H and O–H groups in total. The van der Waals surface area contributed by atoms with Crippen LogP contribution in [0, 0.1) is 13.8 Å². The summed E-state index contributed by atoms with van der Waals surface area (Å²) in [7, 11) is 0. The van der Waals surface area contributed by atoms with Crippen molar-refractivity contribution >= 4 is 0 Å². The first-order chi connectivity index (χ1) is 8.74. The number of ether oxygens (including phenoxy) is 1. The lowest BCUT2D eigenvalue weighted by molar-refractivity contribution is 0.288. The summed E-state index contributed by atoms with van der Waals surface area (Å²) in [5, 5.41) is 11.8. The van der Waals surface area contributed by atoms with E-state index >= 15 is 0 Å². The molecule has 0 aliphatic heterocycles. The topological polar surface area (TPSA) is 41.5 Å². The molecule has 0 heterocycles. The number of hydrogen-bond acceptors (Lipinski definition) is 3. The Balaban J connectivity index is 2.07. The van der Waals surface area contributed by atoms with Crippen LogP contribution in [-0.2, 0) is 0 Å². The second-order valence-corrected chi connectivity index (χ2v) is 4.65. The highest BCUT2D eigenvalue weighted by Crippen LogP contribution is 2.18. The van der Waals surface area contributed by atoms with Crippen molar-refractivity contribution in [3.8, 4) is 5.75 Å². The van der Waals surface area contributed by atoms with Gasteiger partial charge in [0, 0.05) is 6.54 Å². The van der Waals surface area contributed by atoms with Crippen LogP contribution in [0.5, 0.6) is 5.75 Å². The minimum absolute atomic E-state index is 0.218. The zero-order chi connectivity index (χ0) is 13.2. The Hall–Kier alpha value is -1.06. The smallest absolute Gasteiger partial charge is 0.122 e. The first-order valence-electron chi connectivity index (χ1n) is 6.75. The van der Waals surface area contributed by atoms with Gasteiger partial charge in [-0.2, -0.15) is 0 Å². The average Bonchev–Trinajstić information content (AvgIpc) is 2.35. The molecule has 0 atom stereocenters. The van der Waals surface area contributed by atoms with Gasteiger partial charge in [0.2, 0.25) is 0 Å². The summed E-state index contributed by atoms with van der Waals surface area (Å²) >= 11 is 0. The highest BCUT2D eigenvalue weighted by molar-refractivity contribution is 5.35. The molecule has 102 valence electrons. The molecular weight excluding hydrogens is 226 g/mol. The fourth-order valence-electron chi connectivity index (χ4n) is 1.88. The van der Waals surface area contributed by atoms with Crippen LogP contribution in [0.15, 0.2) is 18.2 Å². The van der Waals surface area contributed by atoms with Crippen molar-refractivity contribution in [3.63, 3.8) is 0 Å². The Kier molecular flexibility index (Phi) is 7.46. The minimum atomic E-state index is 0.218. The average molecular weight is 251 g/mol. The third kappa shape index (κ3) is 6.03. The third-order valence-corrected chi connectivity index (χ3v) is 2.87. The first kappa shape index (κ1) is 15.0. The van der Waals surface area contributed by atoms with Gasteiger partial charge in [-0.25, -0.2) is 0 Å². The van der Waals surface area contributed by atoms with E-state index in [0.717, 1.165) is 38.2 Å². The van der Waals surface area contributed by atoms with Gasteiger partial charge < -0.3 is 15.2 Å². The van der Waals surface area contributed by atoms with E-state index in [1.54, 1.807) is 0 Å². The largest absolute Gasteiger partial charge is 0.493 e. The number of nitrogens with one attached hydrogen (secondary N) is 1. The molecule has 0 amide bonds. The van der Waals surface area contributed by atoms with Crippen LogP contribution in [0.4, 0.5) is 0 Å². The maximum atomic E-state index is 8.60. The maximum Gasteiger partial charge on any atom is 0.122 e. The van der Waals surface area contributed by atoms with E-state index in [0.29, 0.717) is 6.54 Å². The molecule has 18 heavy (non-hydrogen) atoms. The Labute approximate surface area is 110 Å². The molecule has 0 aliphatic rings. The lowest BCUT2D eigenvalue weighted by Crippen LogP contribution is -2.19. The molecule has 3 heteroatoms. The van der Waals surface area contributed by atoms with Crippen LogP contribution in [-0.4, -0.2) is 31.4 Å². The van der Waals surface area contributed by atoms with E-state index < -0.39 is 0 Å². The lowest BCUT2D eigenvalue weighted by Gasteiger charge is -2.09. The van der Waals surface area contributed by atoms with E-state index in [2.05, 4.69) is 31.3 Å². The molecule has 0 saturated carbocycles. The zero-order valence-electron chi connectivity index (χ0n) is 11.5. The lowest BCUT2D eigenvalue weighted by atomic mass is 10.1. The van der Waals surface area contributed by atoms with Crippen LogP contribution >= 0.6 is 0 Å². The molecule has 0 fully saturated rings. The number of unbranched alkanes of at least 4 members (excludes halogenated alkanes) is 2. The van der Waals surface area contributed by atoms with Gasteiger partial charge in [0.05, 0.1) is 13.2 Å². The monoisotopic (exact) mass is 251 g/mol. The van der Waals surface area contributed by atoms with Gasteiger partial charge in [0.25, 0.3) is 0 Å². The van der Waals surface area contributed by atoms with E-state index in [4.69, 9.17) is 9.84 Å². The number of rotatable bonds is 9. The van der Waals surface area contributed by atoms with Gasteiger partial charge in [-0.05, 0) is 51.3 Å².